The zero-order chi connectivity index (χ0) is 16.7. The molecule has 1 heterocycles. The van der Waals surface area contributed by atoms with Gasteiger partial charge in [0.25, 0.3) is 0 Å². The average molecular weight is 311 g/mol. The van der Waals surface area contributed by atoms with Gasteiger partial charge in [0.2, 0.25) is 11.8 Å². The van der Waals surface area contributed by atoms with Gasteiger partial charge in [-0.25, -0.2) is 0 Å². The minimum atomic E-state index is -0.277. The van der Waals surface area contributed by atoms with Crippen LogP contribution in [0.5, 0.6) is 0 Å². The molecule has 0 bridgehead atoms. The van der Waals surface area contributed by atoms with Crippen molar-refractivity contribution >= 4 is 17.6 Å². The molecule has 0 radical (unpaired) electrons. The molecule has 120 valence electrons. The number of imide groups is 1. The summed E-state index contributed by atoms with van der Waals surface area (Å²) in [5.74, 6) is -1.11. The monoisotopic (exact) mass is 311 g/mol. The van der Waals surface area contributed by atoms with E-state index in [-0.39, 0.29) is 36.0 Å². The van der Waals surface area contributed by atoms with Crippen LogP contribution in [0.4, 0.5) is 0 Å². The van der Waals surface area contributed by atoms with E-state index >= 15 is 0 Å². The van der Waals surface area contributed by atoms with Gasteiger partial charge in [-0.15, -0.1) is 0 Å². The standard InChI is InChI=1S/C19H21NO3/c1-11-8-13(3)16(9-12(11)2)17(21)10-20-18(22)14-6-4-5-7-15(14)19(20)23/h4-5,8-9,14-15H,6-7,10H2,1-3H3/t14-,15-/m1/s1. The van der Waals surface area contributed by atoms with Gasteiger partial charge in [-0.05, 0) is 56.4 Å². The smallest absolute Gasteiger partial charge is 0.233 e. The Hall–Kier alpha value is -2.23. The predicted molar refractivity (Wildman–Crippen MR) is 87.1 cm³/mol. The first-order chi connectivity index (χ1) is 10.9. The molecular formula is C19H21NO3. The lowest BCUT2D eigenvalue weighted by Gasteiger charge is -2.15. The fraction of sp³-hybridized carbons (Fsp3) is 0.421. The van der Waals surface area contributed by atoms with E-state index in [1.807, 2.05) is 45.1 Å². The highest BCUT2D eigenvalue weighted by atomic mass is 16.2. The van der Waals surface area contributed by atoms with Crippen LogP contribution < -0.4 is 0 Å². The topological polar surface area (TPSA) is 54.5 Å². The van der Waals surface area contributed by atoms with E-state index in [1.165, 1.54) is 4.90 Å². The second-order valence-electron chi connectivity index (χ2n) is 6.59. The summed E-state index contributed by atoms with van der Waals surface area (Å²) >= 11 is 0. The molecule has 4 heteroatoms. The Kier molecular flexibility index (Phi) is 3.92. The van der Waals surface area contributed by atoms with Crippen LogP contribution in [0.3, 0.4) is 0 Å². The Balaban J connectivity index is 1.82. The molecule has 0 N–H and O–H groups in total. The SMILES string of the molecule is Cc1cc(C)c(C(=O)CN2C(=O)[C@@H]3CC=CC[C@H]3C2=O)cc1C. The molecule has 0 unspecified atom stereocenters. The normalized spacial score (nSPS) is 23.3. The maximum atomic E-state index is 12.6. The number of fused-ring (bicyclic) bond motifs is 1. The van der Waals surface area contributed by atoms with Crippen LogP contribution >= 0.6 is 0 Å². The van der Waals surface area contributed by atoms with Crippen molar-refractivity contribution < 1.29 is 14.4 Å². The Morgan fingerprint density at radius 2 is 1.48 bits per heavy atom. The fourth-order valence-corrected chi connectivity index (χ4v) is 3.51. The Labute approximate surface area is 136 Å². The third-order valence-corrected chi connectivity index (χ3v) is 5.04. The van der Waals surface area contributed by atoms with E-state index in [2.05, 4.69) is 0 Å². The summed E-state index contributed by atoms with van der Waals surface area (Å²) in [7, 11) is 0. The van der Waals surface area contributed by atoms with Crippen LogP contribution in [0.1, 0.15) is 39.9 Å². The van der Waals surface area contributed by atoms with Crippen molar-refractivity contribution in [3.8, 4) is 0 Å². The molecule has 1 aromatic carbocycles. The van der Waals surface area contributed by atoms with Crippen molar-refractivity contribution in [2.45, 2.75) is 33.6 Å². The number of hydrogen-bond donors (Lipinski definition) is 0. The second kappa shape index (κ2) is 5.76. The molecule has 23 heavy (non-hydrogen) atoms. The van der Waals surface area contributed by atoms with Crippen molar-refractivity contribution in [3.63, 3.8) is 0 Å². The Morgan fingerprint density at radius 3 is 2.04 bits per heavy atom. The average Bonchev–Trinajstić information content (AvgIpc) is 2.76. The number of likely N-dealkylation sites (tertiary alicyclic amines) is 1. The molecule has 1 saturated heterocycles. The van der Waals surface area contributed by atoms with Gasteiger partial charge in [0.05, 0.1) is 18.4 Å². The summed E-state index contributed by atoms with van der Waals surface area (Å²) in [5.41, 5.74) is 3.65. The van der Waals surface area contributed by atoms with Gasteiger partial charge in [-0.1, -0.05) is 18.2 Å². The zero-order valence-electron chi connectivity index (χ0n) is 13.8. The number of aryl methyl sites for hydroxylation is 3. The predicted octanol–water partition coefficient (Wildman–Crippen LogP) is 2.75. The van der Waals surface area contributed by atoms with Gasteiger partial charge < -0.3 is 0 Å². The maximum Gasteiger partial charge on any atom is 0.233 e. The molecule has 0 saturated carbocycles. The molecule has 2 aliphatic rings. The lowest BCUT2D eigenvalue weighted by Crippen LogP contribution is -2.36. The van der Waals surface area contributed by atoms with Crippen LogP contribution in [-0.4, -0.2) is 29.0 Å². The number of rotatable bonds is 3. The maximum absolute atomic E-state index is 12.6. The number of hydrogen-bond acceptors (Lipinski definition) is 3. The number of nitrogens with zero attached hydrogens (tertiary/aromatic N) is 1. The summed E-state index contributed by atoms with van der Waals surface area (Å²) in [6.45, 7) is 5.70. The third-order valence-electron chi connectivity index (χ3n) is 5.04. The highest BCUT2D eigenvalue weighted by Crippen LogP contribution is 2.35. The highest BCUT2D eigenvalue weighted by molar-refractivity contribution is 6.10. The fourth-order valence-electron chi connectivity index (χ4n) is 3.51. The van der Waals surface area contributed by atoms with E-state index in [0.29, 0.717) is 18.4 Å². The van der Waals surface area contributed by atoms with Crippen LogP contribution in [0.15, 0.2) is 24.3 Å². The van der Waals surface area contributed by atoms with Crippen LogP contribution in [0.2, 0.25) is 0 Å². The van der Waals surface area contributed by atoms with E-state index in [9.17, 15) is 14.4 Å². The Bertz CT molecular complexity index is 706. The van der Waals surface area contributed by atoms with E-state index in [4.69, 9.17) is 0 Å². The summed E-state index contributed by atoms with van der Waals surface area (Å²) in [4.78, 5) is 38.7. The van der Waals surface area contributed by atoms with Crippen molar-refractivity contribution in [3.05, 3.63) is 46.5 Å². The quantitative estimate of drug-likeness (QED) is 0.490. The van der Waals surface area contributed by atoms with Gasteiger partial charge >= 0.3 is 0 Å². The van der Waals surface area contributed by atoms with E-state index in [1.54, 1.807) is 0 Å². The number of ketones is 1. The summed E-state index contributed by atoms with van der Waals surface area (Å²) in [6.07, 6.45) is 5.10. The number of carbonyl (C=O) groups excluding carboxylic acids is 3. The van der Waals surface area contributed by atoms with Gasteiger partial charge in [-0.3, -0.25) is 19.3 Å². The molecule has 0 spiro atoms. The Morgan fingerprint density at radius 1 is 0.957 bits per heavy atom. The van der Waals surface area contributed by atoms with Gasteiger partial charge in [-0.2, -0.15) is 0 Å². The molecular weight excluding hydrogens is 290 g/mol. The highest BCUT2D eigenvalue weighted by Gasteiger charge is 2.47. The minimum absolute atomic E-state index is 0.145. The molecule has 2 atom stereocenters. The molecule has 1 fully saturated rings. The van der Waals surface area contributed by atoms with Crippen LogP contribution in [0, 0.1) is 32.6 Å². The first-order valence-corrected chi connectivity index (χ1v) is 8.01. The zero-order valence-corrected chi connectivity index (χ0v) is 13.8. The van der Waals surface area contributed by atoms with E-state index in [0.717, 1.165) is 16.7 Å². The van der Waals surface area contributed by atoms with Crippen molar-refractivity contribution in [2.75, 3.05) is 6.54 Å². The lowest BCUT2D eigenvalue weighted by molar-refractivity contribution is -0.139. The van der Waals surface area contributed by atoms with E-state index < -0.39 is 0 Å². The number of amides is 2. The molecule has 1 aromatic rings. The molecule has 3 rings (SSSR count). The largest absolute Gasteiger partial charge is 0.292 e. The number of benzene rings is 1. The number of Topliss-reactive ketones (excluding diaryl/α,β-unsaturated/α-hetero) is 1. The molecule has 4 nitrogen and oxygen atoms in total. The van der Waals surface area contributed by atoms with Gasteiger partial charge in [0, 0.05) is 5.56 Å². The van der Waals surface area contributed by atoms with Gasteiger partial charge in [0.1, 0.15) is 0 Å². The van der Waals surface area contributed by atoms with Crippen LogP contribution in [-0.2, 0) is 9.59 Å². The molecule has 1 aliphatic carbocycles. The number of allylic oxidation sites excluding steroid dienone is 2. The molecule has 0 aromatic heterocycles. The minimum Gasteiger partial charge on any atom is -0.292 e. The first kappa shape index (κ1) is 15.7. The second-order valence-corrected chi connectivity index (χ2v) is 6.59. The van der Waals surface area contributed by atoms with Crippen LogP contribution in [0.25, 0.3) is 0 Å². The summed E-state index contributed by atoms with van der Waals surface area (Å²) in [6, 6.07) is 3.83. The molecule has 2 amide bonds. The summed E-state index contributed by atoms with van der Waals surface area (Å²) < 4.78 is 0. The lowest BCUT2D eigenvalue weighted by atomic mass is 9.85. The third kappa shape index (κ3) is 2.62. The number of carbonyl (C=O) groups is 3. The first-order valence-electron chi connectivity index (χ1n) is 8.01. The molecule has 1 aliphatic heterocycles. The van der Waals surface area contributed by atoms with Crippen molar-refractivity contribution in [1.29, 1.82) is 0 Å². The van der Waals surface area contributed by atoms with Crippen molar-refractivity contribution in [2.24, 2.45) is 11.8 Å². The summed E-state index contributed by atoms with van der Waals surface area (Å²) in [5, 5.41) is 0. The van der Waals surface area contributed by atoms with Crippen molar-refractivity contribution in [1.82, 2.24) is 4.90 Å². The van der Waals surface area contributed by atoms with Gasteiger partial charge in [0.15, 0.2) is 5.78 Å².